The minimum absolute atomic E-state index is 0.685. The summed E-state index contributed by atoms with van der Waals surface area (Å²) in [6, 6.07) is 65.4. The average Bonchev–Trinajstić information content (AvgIpc) is 3.57. The molecule has 3 heterocycles. The van der Waals surface area contributed by atoms with Gasteiger partial charge < -0.3 is 4.90 Å². The van der Waals surface area contributed by atoms with Crippen LogP contribution in [-0.2, 0) is 0 Å². The molecule has 0 bridgehead atoms. The van der Waals surface area contributed by atoms with Crippen LogP contribution in [0.3, 0.4) is 0 Å². The van der Waals surface area contributed by atoms with Crippen LogP contribution in [0.2, 0.25) is 0 Å². The topological polar surface area (TPSA) is 34.0 Å². The van der Waals surface area contributed by atoms with E-state index in [1.165, 1.54) is 49.1 Å². The van der Waals surface area contributed by atoms with Gasteiger partial charge in [0, 0.05) is 32.5 Å². The number of para-hydroxylation sites is 3. The maximum Gasteiger partial charge on any atom is 0.164 e. The summed E-state index contributed by atoms with van der Waals surface area (Å²) in [5.74, 6) is 1.55. The summed E-state index contributed by atoms with van der Waals surface area (Å²) in [7, 11) is 0. The van der Waals surface area contributed by atoms with E-state index in [1.807, 2.05) is 0 Å². The lowest BCUT2D eigenvalue weighted by molar-refractivity contribution is 1.08. The molecule has 2 aromatic heterocycles. The number of fused-ring (bicyclic) bond motifs is 9. The first-order valence-corrected chi connectivity index (χ1v) is 18.4. The number of anilines is 3. The summed E-state index contributed by atoms with van der Waals surface area (Å²) in [4.78, 5) is 13.6. The van der Waals surface area contributed by atoms with Gasteiger partial charge in [0.25, 0.3) is 0 Å². The zero-order valence-electron chi connectivity index (χ0n) is 29.1. The smallest absolute Gasteiger partial charge is 0.164 e. The second-order valence-electron chi connectivity index (χ2n) is 14.1. The van der Waals surface area contributed by atoms with Crippen molar-refractivity contribution in [1.29, 1.82) is 0 Å². The molecule has 0 atom stereocenters. The Morgan fingerprint density at radius 1 is 0.370 bits per heavy atom. The van der Waals surface area contributed by atoms with Crippen molar-refractivity contribution in [2.24, 2.45) is 0 Å². The standard InChI is InChI=1S/C50H30N4/c1-3-17-34-31(13-1)28-30-45(53-44-26-12-16-33-15-11-22-38(46(33)44)39-29-27-32-14-2-4-18-35(32)48(39)53)47(34)49-51-41-23-8-5-21-40(41)50(52-49)54-42-24-9-6-19-36(42)37-20-7-10-25-43(37)54/h1-30H. The fraction of sp³-hybridized carbons (Fsp3) is 0. The van der Waals surface area contributed by atoms with Crippen molar-refractivity contribution < 1.29 is 0 Å². The van der Waals surface area contributed by atoms with Gasteiger partial charge in [-0.1, -0.05) is 146 Å². The van der Waals surface area contributed by atoms with Gasteiger partial charge in [-0.05, 0) is 63.5 Å². The van der Waals surface area contributed by atoms with Crippen LogP contribution in [0.1, 0.15) is 0 Å². The molecule has 0 saturated heterocycles. The molecule has 0 unspecified atom stereocenters. The average molecular weight is 687 g/mol. The molecule has 0 amide bonds. The zero-order valence-corrected chi connectivity index (χ0v) is 29.1. The van der Waals surface area contributed by atoms with E-state index in [2.05, 4.69) is 191 Å². The van der Waals surface area contributed by atoms with Crippen molar-refractivity contribution in [1.82, 2.24) is 14.5 Å². The van der Waals surface area contributed by atoms with E-state index in [-0.39, 0.29) is 0 Å². The van der Waals surface area contributed by atoms with Crippen LogP contribution in [0.4, 0.5) is 17.1 Å². The van der Waals surface area contributed by atoms with Crippen LogP contribution >= 0.6 is 0 Å². The fourth-order valence-electron chi connectivity index (χ4n) is 8.99. The summed E-state index contributed by atoms with van der Waals surface area (Å²) in [5.41, 5.74) is 9.94. The molecule has 0 saturated carbocycles. The van der Waals surface area contributed by atoms with Crippen molar-refractivity contribution in [2.45, 2.75) is 0 Å². The van der Waals surface area contributed by atoms with Crippen LogP contribution < -0.4 is 4.90 Å². The molecule has 9 aromatic carbocycles. The summed E-state index contributed by atoms with van der Waals surface area (Å²) < 4.78 is 2.32. The van der Waals surface area contributed by atoms with Crippen molar-refractivity contribution in [3.63, 3.8) is 0 Å². The molecule has 4 nitrogen and oxygen atoms in total. The Hall–Kier alpha value is -7.30. The molecule has 0 fully saturated rings. The SMILES string of the molecule is c1ccc2c(-c3nc(-n4c5ccccc5c5ccccc54)c4ccccc4n3)c(N3c4c(ccc5ccccc45)-c4cccc5cccc3c45)ccc2c1. The van der Waals surface area contributed by atoms with E-state index < -0.39 is 0 Å². The second-order valence-corrected chi connectivity index (χ2v) is 14.1. The van der Waals surface area contributed by atoms with Gasteiger partial charge in [-0.3, -0.25) is 4.57 Å². The van der Waals surface area contributed by atoms with Crippen LogP contribution in [0.15, 0.2) is 182 Å². The lowest BCUT2D eigenvalue weighted by atomic mass is 9.88. The zero-order chi connectivity index (χ0) is 35.3. The minimum atomic E-state index is 0.685. The third-order valence-corrected chi connectivity index (χ3v) is 11.3. The third kappa shape index (κ3) is 4.02. The van der Waals surface area contributed by atoms with E-state index in [0.29, 0.717) is 5.82 Å². The third-order valence-electron chi connectivity index (χ3n) is 11.3. The molecule has 0 radical (unpaired) electrons. The summed E-state index contributed by atoms with van der Waals surface area (Å²) in [6.07, 6.45) is 0. The van der Waals surface area contributed by atoms with Gasteiger partial charge in [-0.2, -0.15) is 0 Å². The number of nitrogens with zero attached hydrogens (tertiary/aromatic N) is 4. The van der Waals surface area contributed by atoms with Crippen LogP contribution in [-0.4, -0.2) is 14.5 Å². The number of hydrogen-bond acceptors (Lipinski definition) is 3. The van der Waals surface area contributed by atoms with Crippen LogP contribution in [0.25, 0.3) is 93.4 Å². The van der Waals surface area contributed by atoms with Gasteiger partial charge in [-0.15, -0.1) is 0 Å². The van der Waals surface area contributed by atoms with Gasteiger partial charge in [0.05, 0.1) is 39.2 Å². The molecule has 11 aromatic rings. The van der Waals surface area contributed by atoms with E-state index >= 15 is 0 Å². The highest BCUT2D eigenvalue weighted by atomic mass is 15.2. The Kier molecular flexibility index (Phi) is 6.02. The van der Waals surface area contributed by atoms with Crippen molar-refractivity contribution >= 4 is 82.1 Å². The lowest BCUT2D eigenvalue weighted by Crippen LogP contribution is -2.17. The Morgan fingerprint density at radius 2 is 0.963 bits per heavy atom. The monoisotopic (exact) mass is 686 g/mol. The molecule has 250 valence electrons. The number of rotatable bonds is 3. The molecule has 4 heteroatoms. The second kappa shape index (κ2) is 11.1. The van der Waals surface area contributed by atoms with Crippen molar-refractivity contribution in [3.8, 4) is 28.3 Å². The molecule has 0 N–H and O–H groups in total. The number of benzene rings is 9. The van der Waals surface area contributed by atoms with Gasteiger partial charge in [-0.25, -0.2) is 9.97 Å². The minimum Gasteiger partial charge on any atom is -0.308 e. The van der Waals surface area contributed by atoms with Gasteiger partial charge in [0.15, 0.2) is 5.82 Å². The molecule has 1 aliphatic rings. The number of aromatic nitrogens is 3. The molecule has 54 heavy (non-hydrogen) atoms. The van der Waals surface area contributed by atoms with Crippen molar-refractivity contribution in [3.05, 3.63) is 182 Å². The normalized spacial score (nSPS) is 12.4. The van der Waals surface area contributed by atoms with Crippen LogP contribution in [0, 0.1) is 0 Å². The van der Waals surface area contributed by atoms with E-state index in [0.717, 1.165) is 55.5 Å². The highest BCUT2D eigenvalue weighted by Crippen LogP contribution is 2.55. The van der Waals surface area contributed by atoms with Crippen molar-refractivity contribution in [2.75, 3.05) is 4.90 Å². The summed E-state index contributed by atoms with van der Waals surface area (Å²) >= 11 is 0. The number of hydrogen-bond donors (Lipinski definition) is 0. The first-order chi connectivity index (χ1) is 26.8. The lowest BCUT2D eigenvalue weighted by Gasteiger charge is -2.36. The molecular formula is C50H30N4. The maximum absolute atomic E-state index is 5.66. The quantitative estimate of drug-likeness (QED) is 0.185. The Balaban J connectivity index is 1.24. The van der Waals surface area contributed by atoms with E-state index in [9.17, 15) is 0 Å². The highest BCUT2D eigenvalue weighted by molar-refractivity contribution is 6.20. The maximum atomic E-state index is 5.66. The molecule has 12 rings (SSSR count). The molecule has 1 aliphatic heterocycles. The largest absolute Gasteiger partial charge is 0.308 e. The van der Waals surface area contributed by atoms with E-state index in [4.69, 9.17) is 9.97 Å². The Morgan fingerprint density at radius 3 is 1.74 bits per heavy atom. The molecule has 0 spiro atoms. The predicted octanol–water partition coefficient (Wildman–Crippen LogP) is 13.3. The molecule has 0 aliphatic carbocycles. The molecular weight excluding hydrogens is 657 g/mol. The fourth-order valence-corrected chi connectivity index (χ4v) is 8.99. The van der Waals surface area contributed by atoms with Gasteiger partial charge >= 0.3 is 0 Å². The van der Waals surface area contributed by atoms with E-state index in [1.54, 1.807) is 0 Å². The van der Waals surface area contributed by atoms with Gasteiger partial charge in [0.2, 0.25) is 0 Å². The highest BCUT2D eigenvalue weighted by Gasteiger charge is 2.31. The first kappa shape index (κ1) is 29.3. The van der Waals surface area contributed by atoms with Gasteiger partial charge in [0.1, 0.15) is 5.82 Å². The Labute approximate surface area is 310 Å². The summed E-state index contributed by atoms with van der Waals surface area (Å²) in [5, 5.41) is 10.5. The summed E-state index contributed by atoms with van der Waals surface area (Å²) in [6.45, 7) is 0. The Bertz CT molecular complexity index is 3300. The van der Waals surface area contributed by atoms with Crippen LogP contribution in [0.5, 0.6) is 0 Å². The predicted molar refractivity (Wildman–Crippen MR) is 226 cm³/mol. The first-order valence-electron chi connectivity index (χ1n) is 18.4.